The number of anilines is 1. The molecule has 0 radical (unpaired) electrons. The number of hydrogen-bond donors (Lipinski definition) is 1. The minimum absolute atomic E-state index is 0.530. The van der Waals surface area contributed by atoms with E-state index in [2.05, 4.69) is 5.32 Å². The fourth-order valence-electron chi connectivity index (χ4n) is 1.41. The third-order valence-electron chi connectivity index (χ3n) is 2.33. The highest BCUT2D eigenvalue weighted by Crippen LogP contribution is 2.15. The van der Waals surface area contributed by atoms with Crippen LogP contribution in [0.2, 0.25) is 5.02 Å². The van der Waals surface area contributed by atoms with Crippen LogP contribution in [-0.4, -0.2) is 0 Å². The Kier molecular flexibility index (Phi) is 3.59. The van der Waals surface area contributed by atoms with Crippen molar-refractivity contribution in [3.8, 4) is 0 Å². The quantitative estimate of drug-likeness (QED) is 0.863. The largest absolute Gasteiger partial charge is 0.381 e. The molecule has 0 fully saturated rings. The second-order valence-electron chi connectivity index (χ2n) is 3.61. The molecule has 4 heteroatoms. The van der Waals surface area contributed by atoms with Gasteiger partial charge in [0.25, 0.3) is 0 Å². The fourth-order valence-corrected chi connectivity index (χ4v) is 1.54. The van der Waals surface area contributed by atoms with Crippen molar-refractivity contribution in [2.24, 2.45) is 0 Å². The zero-order valence-electron chi connectivity index (χ0n) is 8.88. The van der Waals surface area contributed by atoms with Crippen LogP contribution in [0.1, 0.15) is 5.56 Å². The molecule has 0 saturated heterocycles. The van der Waals surface area contributed by atoms with Crippen molar-refractivity contribution in [2.75, 3.05) is 5.32 Å². The van der Waals surface area contributed by atoms with Gasteiger partial charge >= 0.3 is 0 Å². The predicted molar refractivity (Wildman–Crippen MR) is 65.1 cm³/mol. The van der Waals surface area contributed by atoms with E-state index in [1.54, 1.807) is 12.1 Å². The molecule has 0 unspecified atom stereocenters. The minimum Gasteiger partial charge on any atom is -0.381 e. The van der Waals surface area contributed by atoms with E-state index in [1.165, 1.54) is 6.07 Å². The van der Waals surface area contributed by atoms with Gasteiger partial charge in [0, 0.05) is 23.3 Å². The summed E-state index contributed by atoms with van der Waals surface area (Å²) in [5.41, 5.74) is 1.55. The molecule has 0 spiro atoms. The molecule has 1 nitrogen and oxygen atoms in total. The van der Waals surface area contributed by atoms with E-state index in [9.17, 15) is 8.78 Å². The second kappa shape index (κ2) is 5.15. The van der Waals surface area contributed by atoms with Crippen molar-refractivity contribution in [3.05, 3.63) is 64.7 Å². The van der Waals surface area contributed by atoms with E-state index in [0.717, 1.165) is 17.7 Å². The smallest absolute Gasteiger partial charge is 0.160 e. The second-order valence-corrected chi connectivity index (χ2v) is 4.05. The summed E-state index contributed by atoms with van der Waals surface area (Å²) in [6.07, 6.45) is 0. The van der Waals surface area contributed by atoms with Crippen molar-refractivity contribution in [2.45, 2.75) is 6.54 Å². The first-order chi connectivity index (χ1) is 8.15. The SMILES string of the molecule is Fc1ccc(NCc2ccc(Cl)cc2)cc1F. The van der Waals surface area contributed by atoms with Gasteiger partial charge in [-0.3, -0.25) is 0 Å². The Labute approximate surface area is 103 Å². The fraction of sp³-hybridized carbons (Fsp3) is 0.0769. The maximum atomic E-state index is 12.9. The molecule has 0 atom stereocenters. The molecule has 88 valence electrons. The molecule has 0 amide bonds. The van der Waals surface area contributed by atoms with Crippen LogP contribution in [0.15, 0.2) is 42.5 Å². The summed E-state index contributed by atoms with van der Waals surface area (Å²) >= 11 is 5.76. The standard InChI is InChI=1S/C13H10ClF2N/c14-10-3-1-9(2-4-10)8-17-11-5-6-12(15)13(16)7-11/h1-7,17H,8H2. The number of nitrogens with one attached hydrogen (secondary N) is 1. The van der Waals surface area contributed by atoms with Gasteiger partial charge in [-0.2, -0.15) is 0 Å². The molecule has 0 saturated carbocycles. The molecule has 2 rings (SSSR count). The van der Waals surface area contributed by atoms with Gasteiger partial charge in [-0.15, -0.1) is 0 Å². The maximum Gasteiger partial charge on any atom is 0.160 e. The molecular weight excluding hydrogens is 244 g/mol. The monoisotopic (exact) mass is 253 g/mol. The molecule has 0 aliphatic rings. The maximum absolute atomic E-state index is 12.9. The number of halogens is 3. The van der Waals surface area contributed by atoms with Crippen LogP contribution >= 0.6 is 11.6 Å². The van der Waals surface area contributed by atoms with Gasteiger partial charge in [-0.05, 0) is 29.8 Å². The molecular formula is C13H10ClF2N. The molecule has 2 aromatic rings. The summed E-state index contributed by atoms with van der Waals surface area (Å²) in [4.78, 5) is 0. The van der Waals surface area contributed by atoms with E-state index in [0.29, 0.717) is 17.3 Å². The topological polar surface area (TPSA) is 12.0 Å². The predicted octanol–water partition coefficient (Wildman–Crippen LogP) is 4.23. The first-order valence-corrected chi connectivity index (χ1v) is 5.46. The summed E-state index contributed by atoms with van der Waals surface area (Å²) in [6.45, 7) is 0.530. The van der Waals surface area contributed by atoms with E-state index >= 15 is 0 Å². The summed E-state index contributed by atoms with van der Waals surface area (Å²) in [6, 6.07) is 11.0. The summed E-state index contributed by atoms with van der Waals surface area (Å²) in [5.74, 6) is -1.70. The summed E-state index contributed by atoms with van der Waals surface area (Å²) < 4.78 is 25.6. The third kappa shape index (κ3) is 3.17. The number of hydrogen-bond acceptors (Lipinski definition) is 1. The third-order valence-corrected chi connectivity index (χ3v) is 2.58. The average molecular weight is 254 g/mol. The van der Waals surface area contributed by atoms with Crippen molar-refractivity contribution >= 4 is 17.3 Å². The van der Waals surface area contributed by atoms with E-state index in [1.807, 2.05) is 12.1 Å². The van der Waals surface area contributed by atoms with Crippen LogP contribution in [0.25, 0.3) is 0 Å². The van der Waals surface area contributed by atoms with Gasteiger partial charge < -0.3 is 5.32 Å². The number of rotatable bonds is 3. The Hall–Kier alpha value is -1.61. The molecule has 1 N–H and O–H groups in total. The van der Waals surface area contributed by atoms with Crippen molar-refractivity contribution in [1.29, 1.82) is 0 Å². The first kappa shape index (κ1) is 11.9. The molecule has 17 heavy (non-hydrogen) atoms. The van der Waals surface area contributed by atoms with E-state index < -0.39 is 11.6 Å². The van der Waals surface area contributed by atoms with Crippen LogP contribution < -0.4 is 5.32 Å². The normalized spacial score (nSPS) is 10.3. The highest BCUT2D eigenvalue weighted by atomic mass is 35.5. The van der Waals surface area contributed by atoms with Crippen LogP contribution in [0, 0.1) is 11.6 Å². The molecule has 0 aliphatic carbocycles. The number of benzene rings is 2. The molecule has 0 aromatic heterocycles. The molecule has 0 bridgehead atoms. The van der Waals surface area contributed by atoms with Crippen LogP contribution in [-0.2, 0) is 6.54 Å². The lowest BCUT2D eigenvalue weighted by atomic mass is 10.2. The minimum atomic E-state index is -0.855. The van der Waals surface area contributed by atoms with E-state index in [-0.39, 0.29) is 0 Å². The van der Waals surface area contributed by atoms with Gasteiger partial charge in [-0.25, -0.2) is 8.78 Å². The van der Waals surface area contributed by atoms with Crippen molar-refractivity contribution in [1.82, 2.24) is 0 Å². The Balaban J connectivity index is 2.02. The van der Waals surface area contributed by atoms with Crippen LogP contribution in [0.3, 0.4) is 0 Å². The lowest BCUT2D eigenvalue weighted by molar-refractivity contribution is 0.509. The van der Waals surface area contributed by atoms with Gasteiger partial charge in [0.2, 0.25) is 0 Å². The van der Waals surface area contributed by atoms with Crippen LogP contribution in [0.4, 0.5) is 14.5 Å². The molecule has 2 aromatic carbocycles. The molecule has 0 heterocycles. The zero-order valence-corrected chi connectivity index (χ0v) is 9.64. The Morgan fingerprint density at radius 2 is 1.65 bits per heavy atom. The molecule has 0 aliphatic heterocycles. The van der Waals surface area contributed by atoms with Crippen LogP contribution in [0.5, 0.6) is 0 Å². The average Bonchev–Trinajstić information content (AvgIpc) is 2.33. The van der Waals surface area contributed by atoms with Crippen molar-refractivity contribution in [3.63, 3.8) is 0 Å². The zero-order chi connectivity index (χ0) is 12.3. The lowest BCUT2D eigenvalue weighted by Gasteiger charge is -2.06. The Morgan fingerprint density at radius 3 is 2.29 bits per heavy atom. The van der Waals surface area contributed by atoms with E-state index in [4.69, 9.17) is 11.6 Å². The van der Waals surface area contributed by atoms with Gasteiger partial charge in [0.05, 0.1) is 0 Å². The van der Waals surface area contributed by atoms with Crippen molar-refractivity contribution < 1.29 is 8.78 Å². The first-order valence-electron chi connectivity index (χ1n) is 5.08. The highest BCUT2D eigenvalue weighted by Gasteiger charge is 2.02. The highest BCUT2D eigenvalue weighted by molar-refractivity contribution is 6.30. The van der Waals surface area contributed by atoms with Gasteiger partial charge in [0.15, 0.2) is 11.6 Å². The summed E-state index contributed by atoms with van der Waals surface area (Å²) in [7, 11) is 0. The van der Waals surface area contributed by atoms with Gasteiger partial charge in [0.1, 0.15) is 0 Å². The summed E-state index contributed by atoms with van der Waals surface area (Å²) in [5, 5.41) is 3.67. The Bertz CT molecular complexity index is 511. The van der Waals surface area contributed by atoms with Gasteiger partial charge in [-0.1, -0.05) is 23.7 Å². The Morgan fingerprint density at radius 1 is 0.941 bits per heavy atom. The lowest BCUT2D eigenvalue weighted by Crippen LogP contribution is -2.00.